The maximum Gasteiger partial charge on any atom is 0.337 e. The summed E-state index contributed by atoms with van der Waals surface area (Å²) in [5.41, 5.74) is 0.345. The van der Waals surface area contributed by atoms with Gasteiger partial charge in [-0.05, 0) is 18.2 Å². The summed E-state index contributed by atoms with van der Waals surface area (Å²) in [5, 5.41) is 0. The first kappa shape index (κ1) is 18.2. The quantitative estimate of drug-likeness (QED) is 0.639. The summed E-state index contributed by atoms with van der Waals surface area (Å²) in [4.78, 5) is 11.4. The molecule has 0 amide bonds. The van der Waals surface area contributed by atoms with E-state index in [2.05, 4.69) is 4.74 Å². The van der Waals surface area contributed by atoms with Crippen LogP contribution in [0.2, 0.25) is 0 Å². The number of hydrogen-bond donors (Lipinski definition) is 1. The van der Waals surface area contributed by atoms with Crippen molar-refractivity contribution in [1.29, 1.82) is 0 Å². The topological polar surface area (TPSA) is 66.8 Å². The molecule has 0 fully saturated rings. The first-order valence-electron chi connectivity index (χ1n) is 6.88. The van der Waals surface area contributed by atoms with Crippen molar-refractivity contribution in [2.75, 3.05) is 7.11 Å². The fourth-order valence-electron chi connectivity index (χ4n) is 2.09. The van der Waals surface area contributed by atoms with Crippen LogP contribution in [0.1, 0.15) is 21.5 Å². The molecule has 0 aliphatic carbocycles. The average molecular weight is 355 g/mol. The van der Waals surface area contributed by atoms with Crippen molar-refractivity contribution in [3.05, 3.63) is 70.8 Å². The van der Waals surface area contributed by atoms with E-state index in [1.54, 1.807) is 6.07 Å². The highest BCUT2D eigenvalue weighted by molar-refractivity contribution is 7.76. The zero-order valence-electron chi connectivity index (χ0n) is 12.7. The lowest BCUT2D eigenvalue weighted by Crippen LogP contribution is -2.25. The number of ether oxygens (including phenoxy) is 1. The highest BCUT2D eigenvalue weighted by Gasteiger charge is 2.18. The number of rotatable bonds is 6. The molecule has 24 heavy (non-hydrogen) atoms. The van der Waals surface area contributed by atoms with E-state index in [1.165, 1.54) is 37.4 Å². The standard InChI is InChI=1S/C16H15F2NO4S/c1-23-16(20)11-6-7-13(15(18)8-11)10-19(24(21)22)9-12-4-2-3-5-14(12)17/h2-8H,9-10H2,1H3,(H,21,22). The smallest absolute Gasteiger partial charge is 0.337 e. The van der Waals surface area contributed by atoms with Gasteiger partial charge in [-0.25, -0.2) is 17.8 Å². The lowest BCUT2D eigenvalue weighted by Gasteiger charge is -2.18. The Balaban J connectivity index is 2.21. The van der Waals surface area contributed by atoms with Crippen LogP contribution in [0.15, 0.2) is 42.5 Å². The Morgan fingerprint density at radius 2 is 1.75 bits per heavy atom. The van der Waals surface area contributed by atoms with Gasteiger partial charge in [-0.3, -0.25) is 4.55 Å². The van der Waals surface area contributed by atoms with Crippen molar-refractivity contribution in [1.82, 2.24) is 4.31 Å². The number of methoxy groups -OCH3 is 1. The molecule has 0 heterocycles. The van der Waals surface area contributed by atoms with Gasteiger partial charge in [0.05, 0.1) is 12.7 Å². The Bertz CT molecular complexity index is 769. The summed E-state index contributed by atoms with van der Waals surface area (Å²) in [6.45, 7) is -0.404. The summed E-state index contributed by atoms with van der Waals surface area (Å²) in [6.07, 6.45) is 0. The molecule has 5 nitrogen and oxygen atoms in total. The van der Waals surface area contributed by atoms with E-state index >= 15 is 0 Å². The minimum absolute atomic E-state index is 0.0320. The molecule has 0 bridgehead atoms. The van der Waals surface area contributed by atoms with Crippen molar-refractivity contribution in [3.63, 3.8) is 0 Å². The van der Waals surface area contributed by atoms with E-state index in [9.17, 15) is 22.3 Å². The van der Waals surface area contributed by atoms with Crippen LogP contribution in [0.5, 0.6) is 0 Å². The van der Waals surface area contributed by atoms with Crippen LogP contribution >= 0.6 is 0 Å². The summed E-state index contributed by atoms with van der Waals surface area (Å²) in [6, 6.07) is 9.48. The largest absolute Gasteiger partial charge is 0.465 e. The number of benzene rings is 2. The lowest BCUT2D eigenvalue weighted by atomic mass is 10.1. The van der Waals surface area contributed by atoms with Crippen LogP contribution in [0.3, 0.4) is 0 Å². The van der Waals surface area contributed by atoms with Gasteiger partial charge in [-0.1, -0.05) is 24.3 Å². The van der Waals surface area contributed by atoms with Gasteiger partial charge >= 0.3 is 5.97 Å². The summed E-state index contributed by atoms with van der Waals surface area (Å²) in [7, 11) is 1.18. The highest BCUT2D eigenvalue weighted by atomic mass is 32.2. The van der Waals surface area contributed by atoms with Crippen LogP contribution in [0.4, 0.5) is 8.78 Å². The van der Waals surface area contributed by atoms with E-state index in [-0.39, 0.29) is 29.8 Å². The molecule has 0 radical (unpaired) electrons. The summed E-state index contributed by atoms with van der Waals surface area (Å²) in [5.74, 6) is -1.93. The van der Waals surface area contributed by atoms with Crippen LogP contribution < -0.4 is 0 Å². The minimum atomic E-state index is -2.43. The zero-order chi connectivity index (χ0) is 17.7. The van der Waals surface area contributed by atoms with E-state index in [0.29, 0.717) is 0 Å². The lowest BCUT2D eigenvalue weighted by molar-refractivity contribution is 0.0600. The fourth-order valence-corrected chi connectivity index (χ4v) is 2.59. The van der Waals surface area contributed by atoms with Gasteiger partial charge in [0.1, 0.15) is 11.6 Å². The van der Waals surface area contributed by atoms with E-state index in [1.807, 2.05) is 0 Å². The molecule has 1 N–H and O–H groups in total. The van der Waals surface area contributed by atoms with Crippen molar-refractivity contribution in [2.24, 2.45) is 0 Å². The molecule has 1 atom stereocenters. The Hall–Kier alpha value is -2.16. The van der Waals surface area contributed by atoms with Crippen molar-refractivity contribution in [2.45, 2.75) is 13.1 Å². The Labute approximate surface area is 140 Å². The molecule has 2 aromatic carbocycles. The van der Waals surface area contributed by atoms with Crippen molar-refractivity contribution < 1.29 is 27.1 Å². The number of halogens is 2. The third kappa shape index (κ3) is 4.44. The molecular weight excluding hydrogens is 340 g/mol. The van der Waals surface area contributed by atoms with E-state index in [4.69, 9.17) is 0 Å². The highest BCUT2D eigenvalue weighted by Crippen LogP contribution is 2.17. The van der Waals surface area contributed by atoms with Gasteiger partial charge in [0, 0.05) is 24.2 Å². The van der Waals surface area contributed by atoms with Crippen LogP contribution in [0, 0.1) is 11.6 Å². The predicted molar refractivity (Wildman–Crippen MR) is 84.2 cm³/mol. The van der Waals surface area contributed by atoms with Crippen molar-refractivity contribution >= 4 is 17.2 Å². The summed E-state index contributed by atoms with van der Waals surface area (Å²) < 4.78 is 54.1. The molecule has 2 rings (SSSR count). The normalized spacial score (nSPS) is 12.2. The fraction of sp³-hybridized carbons (Fsp3) is 0.188. The third-order valence-electron chi connectivity index (χ3n) is 3.35. The van der Waals surface area contributed by atoms with Crippen LogP contribution in [0.25, 0.3) is 0 Å². The Kier molecular flexibility index (Phi) is 6.13. The SMILES string of the molecule is COC(=O)c1ccc(CN(Cc2ccccc2F)S(=O)O)c(F)c1. The van der Waals surface area contributed by atoms with Crippen molar-refractivity contribution in [3.8, 4) is 0 Å². The maximum atomic E-state index is 14.1. The molecule has 0 saturated heterocycles. The van der Waals surface area contributed by atoms with Gasteiger partial charge in [-0.15, -0.1) is 0 Å². The van der Waals surface area contributed by atoms with Gasteiger partial charge in [0.2, 0.25) is 11.3 Å². The number of carbonyl (C=O) groups is 1. The molecule has 0 aliphatic rings. The number of hydrogen-bond acceptors (Lipinski definition) is 3. The van der Waals surface area contributed by atoms with Gasteiger partial charge < -0.3 is 4.74 Å². The van der Waals surface area contributed by atoms with Gasteiger partial charge in [-0.2, -0.15) is 4.31 Å². The summed E-state index contributed by atoms with van der Waals surface area (Å²) >= 11 is -2.43. The second kappa shape index (κ2) is 8.09. The predicted octanol–water partition coefficient (Wildman–Crippen LogP) is 2.89. The number of nitrogens with zero attached hydrogens (tertiary/aromatic N) is 1. The molecule has 2 aromatic rings. The molecule has 128 valence electrons. The molecular formula is C16H15F2NO4S. The molecule has 8 heteroatoms. The van der Waals surface area contributed by atoms with E-state index < -0.39 is 28.9 Å². The minimum Gasteiger partial charge on any atom is -0.465 e. The molecule has 0 saturated carbocycles. The molecule has 0 aliphatic heterocycles. The first-order valence-corrected chi connectivity index (χ1v) is 7.94. The zero-order valence-corrected chi connectivity index (χ0v) is 13.6. The van der Waals surface area contributed by atoms with Gasteiger partial charge in [0.15, 0.2) is 0 Å². The van der Waals surface area contributed by atoms with Crippen LogP contribution in [-0.2, 0) is 29.1 Å². The monoisotopic (exact) mass is 355 g/mol. The van der Waals surface area contributed by atoms with E-state index in [0.717, 1.165) is 10.4 Å². The van der Waals surface area contributed by atoms with Crippen LogP contribution in [-0.4, -0.2) is 26.1 Å². The Morgan fingerprint density at radius 3 is 2.29 bits per heavy atom. The number of carbonyl (C=O) groups excluding carboxylic acids is 1. The number of esters is 1. The Morgan fingerprint density at radius 1 is 1.12 bits per heavy atom. The van der Waals surface area contributed by atoms with Gasteiger partial charge in [0.25, 0.3) is 0 Å². The maximum absolute atomic E-state index is 14.1. The second-order valence-corrected chi connectivity index (χ2v) is 5.90. The average Bonchev–Trinajstić information content (AvgIpc) is 2.56. The molecule has 0 aromatic heterocycles. The molecule has 1 unspecified atom stereocenters. The molecule has 0 spiro atoms. The first-order chi connectivity index (χ1) is 11.4. The third-order valence-corrected chi connectivity index (χ3v) is 4.05. The second-order valence-electron chi connectivity index (χ2n) is 4.92.